The van der Waals surface area contributed by atoms with Crippen LogP contribution in [0.3, 0.4) is 0 Å². The Morgan fingerprint density at radius 2 is 1.76 bits per heavy atom. The molecule has 0 aliphatic heterocycles. The third kappa shape index (κ3) is 7.92. The van der Waals surface area contributed by atoms with Gasteiger partial charge >= 0.3 is 6.36 Å². The summed E-state index contributed by atoms with van der Waals surface area (Å²) in [6, 6.07) is 5.55. The molecule has 1 atom stereocenters. The Labute approximate surface area is 123 Å². The monoisotopic (exact) mass is 305 g/mol. The van der Waals surface area contributed by atoms with E-state index < -0.39 is 12.0 Å². The standard InChI is InChI=1S/C15H22F3NO2/c1-11(2)9-19-10-14(3,20)8-12-4-6-13(7-5-12)21-15(16,17)18/h4-7,11,19-20H,8-10H2,1-3H3. The van der Waals surface area contributed by atoms with E-state index in [4.69, 9.17) is 0 Å². The molecule has 0 saturated carbocycles. The first kappa shape index (κ1) is 17.8. The van der Waals surface area contributed by atoms with E-state index in [0.717, 1.165) is 12.1 Å². The summed E-state index contributed by atoms with van der Waals surface area (Å²) in [5.41, 5.74) is -0.206. The quantitative estimate of drug-likeness (QED) is 0.813. The van der Waals surface area contributed by atoms with Gasteiger partial charge < -0.3 is 15.2 Å². The van der Waals surface area contributed by atoms with Gasteiger partial charge in [0.15, 0.2) is 0 Å². The van der Waals surface area contributed by atoms with Gasteiger partial charge in [-0.1, -0.05) is 26.0 Å². The zero-order valence-corrected chi connectivity index (χ0v) is 12.5. The summed E-state index contributed by atoms with van der Waals surface area (Å²) >= 11 is 0. The molecule has 0 fully saturated rings. The van der Waals surface area contributed by atoms with Crippen LogP contribution in [-0.2, 0) is 6.42 Å². The molecule has 1 aromatic rings. The van der Waals surface area contributed by atoms with E-state index in [1.54, 1.807) is 6.92 Å². The van der Waals surface area contributed by atoms with Gasteiger partial charge in [-0.25, -0.2) is 0 Å². The Morgan fingerprint density at radius 3 is 2.24 bits per heavy atom. The summed E-state index contributed by atoms with van der Waals surface area (Å²) in [4.78, 5) is 0. The summed E-state index contributed by atoms with van der Waals surface area (Å²) in [6.45, 7) is 7.06. The SMILES string of the molecule is CC(C)CNCC(C)(O)Cc1ccc(OC(F)(F)F)cc1. The largest absolute Gasteiger partial charge is 0.573 e. The summed E-state index contributed by atoms with van der Waals surface area (Å²) in [5, 5.41) is 13.4. The van der Waals surface area contributed by atoms with Crippen LogP contribution in [0.25, 0.3) is 0 Å². The minimum absolute atomic E-state index is 0.260. The second-order valence-electron chi connectivity index (χ2n) is 5.89. The van der Waals surface area contributed by atoms with E-state index in [2.05, 4.69) is 23.9 Å². The molecule has 0 spiro atoms. The van der Waals surface area contributed by atoms with Gasteiger partial charge in [0.1, 0.15) is 5.75 Å². The normalized spacial score (nSPS) is 15.0. The molecule has 21 heavy (non-hydrogen) atoms. The van der Waals surface area contributed by atoms with Crippen LogP contribution in [0.5, 0.6) is 5.75 Å². The number of benzene rings is 1. The Morgan fingerprint density at radius 1 is 1.19 bits per heavy atom. The third-order valence-electron chi connectivity index (χ3n) is 2.80. The van der Waals surface area contributed by atoms with Crippen molar-refractivity contribution >= 4 is 0 Å². The summed E-state index contributed by atoms with van der Waals surface area (Å²) < 4.78 is 39.9. The molecule has 3 nitrogen and oxygen atoms in total. The highest BCUT2D eigenvalue weighted by molar-refractivity contribution is 5.28. The van der Waals surface area contributed by atoms with Crippen LogP contribution < -0.4 is 10.1 Å². The molecule has 1 unspecified atom stereocenters. The van der Waals surface area contributed by atoms with Gasteiger partial charge in [0, 0.05) is 13.0 Å². The van der Waals surface area contributed by atoms with Gasteiger partial charge in [-0.05, 0) is 37.1 Å². The van der Waals surface area contributed by atoms with Crippen molar-refractivity contribution in [1.29, 1.82) is 0 Å². The predicted octanol–water partition coefficient (Wildman–Crippen LogP) is 3.12. The van der Waals surface area contributed by atoms with Crippen molar-refractivity contribution in [3.63, 3.8) is 0 Å². The number of halogens is 3. The van der Waals surface area contributed by atoms with Gasteiger partial charge in [-0.2, -0.15) is 0 Å². The Balaban J connectivity index is 2.54. The fourth-order valence-electron chi connectivity index (χ4n) is 1.94. The van der Waals surface area contributed by atoms with Crippen LogP contribution in [0.2, 0.25) is 0 Å². The number of alkyl halides is 3. The molecular weight excluding hydrogens is 283 g/mol. The predicted molar refractivity (Wildman–Crippen MR) is 75.2 cm³/mol. The highest BCUT2D eigenvalue weighted by Gasteiger charge is 2.31. The van der Waals surface area contributed by atoms with Crippen LogP contribution in [0.4, 0.5) is 13.2 Å². The maximum absolute atomic E-state index is 12.0. The number of rotatable bonds is 7. The molecule has 0 aliphatic carbocycles. The molecule has 0 radical (unpaired) electrons. The molecule has 0 amide bonds. The highest BCUT2D eigenvalue weighted by atomic mass is 19.4. The second kappa shape index (κ2) is 7.13. The molecule has 120 valence electrons. The Kier molecular flexibility index (Phi) is 6.04. The van der Waals surface area contributed by atoms with Crippen molar-refractivity contribution in [2.75, 3.05) is 13.1 Å². The van der Waals surface area contributed by atoms with Gasteiger partial charge in [-0.15, -0.1) is 13.2 Å². The zero-order valence-electron chi connectivity index (χ0n) is 12.5. The fourth-order valence-corrected chi connectivity index (χ4v) is 1.94. The van der Waals surface area contributed by atoms with E-state index in [0.29, 0.717) is 18.9 Å². The summed E-state index contributed by atoms with van der Waals surface area (Å²) in [7, 11) is 0. The third-order valence-corrected chi connectivity index (χ3v) is 2.80. The lowest BCUT2D eigenvalue weighted by atomic mass is 9.96. The van der Waals surface area contributed by atoms with Crippen LogP contribution in [-0.4, -0.2) is 30.2 Å². The van der Waals surface area contributed by atoms with Crippen molar-refractivity contribution in [1.82, 2.24) is 5.32 Å². The number of aliphatic hydroxyl groups is 1. The average Bonchev–Trinajstić information content (AvgIpc) is 2.28. The Hall–Kier alpha value is -1.27. The summed E-state index contributed by atoms with van der Waals surface area (Å²) in [6.07, 6.45) is -4.34. The molecular formula is C15H22F3NO2. The van der Waals surface area contributed by atoms with E-state index >= 15 is 0 Å². The molecule has 6 heteroatoms. The fraction of sp³-hybridized carbons (Fsp3) is 0.600. The maximum atomic E-state index is 12.0. The molecule has 0 saturated heterocycles. The molecule has 1 aromatic carbocycles. The van der Waals surface area contributed by atoms with Crippen molar-refractivity contribution < 1.29 is 23.0 Å². The summed E-state index contributed by atoms with van der Waals surface area (Å²) in [5.74, 6) is 0.225. The van der Waals surface area contributed by atoms with Gasteiger partial charge in [-0.3, -0.25) is 0 Å². The smallest absolute Gasteiger partial charge is 0.406 e. The van der Waals surface area contributed by atoms with Gasteiger partial charge in [0.05, 0.1) is 5.60 Å². The maximum Gasteiger partial charge on any atom is 0.573 e. The molecule has 0 aromatic heterocycles. The minimum Gasteiger partial charge on any atom is -0.406 e. The molecule has 0 bridgehead atoms. The number of ether oxygens (including phenoxy) is 1. The van der Waals surface area contributed by atoms with Crippen molar-refractivity contribution in [3.8, 4) is 5.75 Å². The van der Waals surface area contributed by atoms with E-state index in [-0.39, 0.29) is 5.75 Å². The lowest BCUT2D eigenvalue weighted by molar-refractivity contribution is -0.274. The first-order chi connectivity index (χ1) is 9.57. The molecule has 1 rings (SSSR count). The lowest BCUT2D eigenvalue weighted by Gasteiger charge is -2.24. The minimum atomic E-state index is -4.69. The van der Waals surface area contributed by atoms with Crippen molar-refractivity contribution in [2.45, 2.75) is 39.2 Å². The first-order valence-electron chi connectivity index (χ1n) is 6.85. The van der Waals surface area contributed by atoms with Crippen molar-refractivity contribution in [3.05, 3.63) is 29.8 Å². The van der Waals surface area contributed by atoms with Crippen LogP contribution in [0, 0.1) is 5.92 Å². The highest BCUT2D eigenvalue weighted by Crippen LogP contribution is 2.23. The van der Waals surface area contributed by atoms with Crippen molar-refractivity contribution in [2.24, 2.45) is 5.92 Å². The van der Waals surface area contributed by atoms with Crippen LogP contribution in [0.15, 0.2) is 24.3 Å². The molecule has 0 heterocycles. The molecule has 0 aliphatic rings. The van der Waals surface area contributed by atoms with Gasteiger partial charge in [0.25, 0.3) is 0 Å². The second-order valence-corrected chi connectivity index (χ2v) is 5.89. The topological polar surface area (TPSA) is 41.5 Å². The number of hydrogen-bond acceptors (Lipinski definition) is 3. The molecule has 2 N–H and O–H groups in total. The average molecular weight is 305 g/mol. The Bertz CT molecular complexity index is 428. The van der Waals surface area contributed by atoms with Crippen LogP contribution >= 0.6 is 0 Å². The zero-order chi connectivity index (χ0) is 16.1. The van der Waals surface area contributed by atoms with E-state index in [1.165, 1.54) is 24.3 Å². The van der Waals surface area contributed by atoms with E-state index in [9.17, 15) is 18.3 Å². The number of nitrogens with one attached hydrogen (secondary N) is 1. The van der Waals surface area contributed by atoms with Gasteiger partial charge in [0.2, 0.25) is 0 Å². The van der Waals surface area contributed by atoms with E-state index in [1.807, 2.05) is 0 Å². The first-order valence-corrected chi connectivity index (χ1v) is 6.85. The lowest BCUT2D eigenvalue weighted by Crippen LogP contribution is -2.40. The number of hydrogen-bond donors (Lipinski definition) is 2. The van der Waals surface area contributed by atoms with Crippen LogP contribution in [0.1, 0.15) is 26.3 Å².